The lowest BCUT2D eigenvalue weighted by Crippen LogP contribution is -2.32. The Balaban J connectivity index is 1.44. The molecule has 3 aromatic carbocycles. The molecule has 0 aliphatic carbocycles. The molecule has 1 aromatic heterocycles. The highest BCUT2D eigenvalue weighted by atomic mass is 16.1. The van der Waals surface area contributed by atoms with Crippen molar-refractivity contribution in [3.8, 4) is 5.69 Å². The molecule has 1 N–H and O–H groups in total. The number of carbonyl (C=O) groups is 1. The van der Waals surface area contributed by atoms with Gasteiger partial charge in [-0.2, -0.15) is 0 Å². The average molecular weight is 397 g/mol. The van der Waals surface area contributed by atoms with E-state index in [-0.39, 0.29) is 17.5 Å². The predicted octanol–water partition coefficient (Wildman–Crippen LogP) is 4.14. The van der Waals surface area contributed by atoms with Crippen molar-refractivity contribution >= 4 is 16.8 Å². The number of rotatable bonds is 6. The molecule has 1 unspecified atom stereocenters. The number of para-hydroxylation sites is 1. The Hall–Kier alpha value is -3.73. The summed E-state index contributed by atoms with van der Waals surface area (Å²) >= 11 is 0. The third-order valence-corrected chi connectivity index (χ3v) is 5.16. The molecule has 0 saturated carbocycles. The largest absolute Gasteiger partial charge is 0.350 e. The van der Waals surface area contributed by atoms with Crippen LogP contribution < -0.4 is 10.9 Å². The van der Waals surface area contributed by atoms with Gasteiger partial charge in [-0.1, -0.05) is 42.5 Å². The van der Waals surface area contributed by atoms with E-state index >= 15 is 0 Å². The molecule has 1 amide bonds. The monoisotopic (exact) mass is 397 g/mol. The Labute approximate surface area is 175 Å². The number of nitrogens with zero attached hydrogens (tertiary/aromatic N) is 2. The number of nitrogens with one attached hydrogen (secondary N) is 1. The second-order valence-corrected chi connectivity index (χ2v) is 7.38. The topological polar surface area (TPSA) is 64.0 Å². The molecule has 0 fully saturated rings. The zero-order valence-electron chi connectivity index (χ0n) is 16.8. The van der Waals surface area contributed by atoms with Gasteiger partial charge in [-0.15, -0.1) is 0 Å². The highest BCUT2D eigenvalue weighted by Crippen LogP contribution is 2.12. The molecule has 0 spiro atoms. The standard InChI is InChI=1S/C25H23N3O2/c1-18(11-12-19-7-3-2-4-8-19)27-24(29)20-13-15-21(16-14-20)28-17-26-23-10-6-5-9-22(23)25(28)30/h2-10,13-18H,11-12H2,1H3,(H,27,29). The van der Waals surface area contributed by atoms with Crippen LogP contribution in [0.4, 0.5) is 0 Å². The molecular weight excluding hydrogens is 374 g/mol. The molecule has 4 aromatic rings. The number of aromatic nitrogens is 2. The van der Waals surface area contributed by atoms with Crippen molar-refractivity contribution in [1.29, 1.82) is 0 Å². The van der Waals surface area contributed by atoms with Gasteiger partial charge >= 0.3 is 0 Å². The number of aryl methyl sites for hydroxylation is 1. The van der Waals surface area contributed by atoms with Gasteiger partial charge in [0.05, 0.1) is 16.6 Å². The van der Waals surface area contributed by atoms with Gasteiger partial charge in [0.25, 0.3) is 11.5 Å². The second-order valence-electron chi connectivity index (χ2n) is 7.38. The van der Waals surface area contributed by atoms with Gasteiger partial charge in [0.1, 0.15) is 6.33 Å². The predicted molar refractivity (Wildman–Crippen MR) is 119 cm³/mol. The second kappa shape index (κ2) is 8.74. The van der Waals surface area contributed by atoms with Crippen molar-refractivity contribution in [2.45, 2.75) is 25.8 Å². The first kappa shape index (κ1) is 19.6. The quantitative estimate of drug-likeness (QED) is 0.532. The van der Waals surface area contributed by atoms with E-state index in [0.717, 1.165) is 12.8 Å². The molecule has 1 atom stereocenters. The Morgan fingerprint density at radius 2 is 1.67 bits per heavy atom. The van der Waals surface area contributed by atoms with E-state index < -0.39 is 0 Å². The van der Waals surface area contributed by atoms with Gasteiger partial charge in [0.15, 0.2) is 0 Å². The first-order chi connectivity index (χ1) is 14.6. The maximum atomic E-state index is 12.7. The van der Waals surface area contributed by atoms with Crippen LogP contribution in [0, 0.1) is 0 Å². The number of amides is 1. The molecule has 5 heteroatoms. The molecule has 0 saturated heterocycles. The van der Waals surface area contributed by atoms with Crippen LogP contribution in [0.3, 0.4) is 0 Å². The first-order valence-corrected chi connectivity index (χ1v) is 10.0. The van der Waals surface area contributed by atoms with E-state index in [1.54, 1.807) is 30.3 Å². The fraction of sp³-hybridized carbons (Fsp3) is 0.160. The number of benzene rings is 3. The summed E-state index contributed by atoms with van der Waals surface area (Å²) in [7, 11) is 0. The summed E-state index contributed by atoms with van der Waals surface area (Å²) in [5.41, 5.74) is 3.03. The van der Waals surface area contributed by atoms with Crippen molar-refractivity contribution < 1.29 is 4.79 Å². The highest BCUT2D eigenvalue weighted by molar-refractivity contribution is 5.94. The van der Waals surface area contributed by atoms with Gasteiger partial charge in [-0.3, -0.25) is 14.2 Å². The molecular formula is C25H23N3O2. The Morgan fingerprint density at radius 1 is 0.967 bits per heavy atom. The summed E-state index contributed by atoms with van der Waals surface area (Å²) in [6.07, 6.45) is 3.30. The van der Waals surface area contributed by atoms with Gasteiger partial charge in [0.2, 0.25) is 0 Å². The minimum atomic E-state index is -0.132. The normalized spacial score (nSPS) is 11.9. The average Bonchev–Trinajstić information content (AvgIpc) is 2.79. The Kier molecular flexibility index (Phi) is 5.70. The minimum absolute atomic E-state index is 0.0599. The molecule has 0 aliphatic heterocycles. The maximum Gasteiger partial charge on any atom is 0.265 e. The Morgan fingerprint density at radius 3 is 2.43 bits per heavy atom. The van der Waals surface area contributed by atoms with Gasteiger partial charge in [-0.05, 0) is 61.7 Å². The van der Waals surface area contributed by atoms with E-state index in [0.29, 0.717) is 22.2 Å². The van der Waals surface area contributed by atoms with Crippen LogP contribution in [-0.4, -0.2) is 21.5 Å². The van der Waals surface area contributed by atoms with Crippen molar-refractivity contribution in [3.05, 3.63) is 107 Å². The van der Waals surface area contributed by atoms with Crippen LogP contribution >= 0.6 is 0 Å². The third kappa shape index (κ3) is 4.30. The number of hydrogen-bond donors (Lipinski definition) is 1. The van der Waals surface area contributed by atoms with E-state index in [1.807, 2.05) is 43.3 Å². The van der Waals surface area contributed by atoms with Crippen molar-refractivity contribution in [2.24, 2.45) is 0 Å². The molecule has 0 radical (unpaired) electrons. The fourth-order valence-electron chi connectivity index (χ4n) is 3.43. The summed E-state index contributed by atoms with van der Waals surface area (Å²) in [4.78, 5) is 29.6. The molecule has 0 bridgehead atoms. The summed E-state index contributed by atoms with van der Waals surface area (Å²) < 4.78 is 1.49. The molecule has 150 valence electrons. The van der Waals surface area contributed by atoms with Gasteiger partial charge < -0.3 is 5.32 Å². The summed E-state index contributed by atoms with van der Waals surface area (Å²) in [6.45, 7) is 2.01. The molecule has 1 heterocycles. The van der Waals surface area contributed by atoms with Crippen molar-refractivity contribution in [2.75, 3.05) is 0 Å². The van der Waals surface area contributed by atoms with Crippen LogP contribution in [0.25, 0.3) is 16.6 Å². The number of hydrogen-bond acceptors (Lipinski definition) is 3. The molecule has 5 nitrogen and oxygen atoms in total. The van der Waals surface area contributed by atoms with Crippen LogP contribution in [0.2, 0.25) is 0 Å². The zero-order chi connectivity index (χ0) is 20.9. The van der Waals surface area contributed by atoms with Crippen molar-refractivity contribution in [3.63, 3.8) is 0 Å². The highest BCUT2D eigenvalue weighted by Gasteiger charge is 2.11. The molecule has 30 heavy (non-hydrogen) atoms. The SMILES string of the molecule is CC(CCc1ccccc1)NC(=O)c1ccc(-n2cnc3ccccc3c2=O)cc1. The Bertz CT molecular complexity index is 1210. The number of fused-ring (bicyclic) bond motifs is 1. The van der Waals surface area contributed by atoms with E-state index in [1.165, 1.54) is 16.5 Å². The van der Waals surface area contributed by atoms with Crippen LogP contribution in [0.15, 0.2) is 90.0 Å². The van der Waals surface area contributed by atoms with Crippen LogP contribution in [-0.2, 0) is 6.42 Å². The lowest BCUT2D eigenvalue weighted by Gasteiger charge is -2.14. The van der Waals surface area contributed by atoms with Gasteiger partial charge in [-0.25, -0.2) is 4.98 Å². The van der Waals surface area contributed by atoms with Crippen LogP contribution in [0.1, 0.15) is 29.3 Å². The zero-order valence-corrected chi connectivity index (χ0v) is 16.8. The third-order valence-electron chi connectivity index (χ3n) is 5.16. The molecule has 0 aliphatic rings. The maximum absolute atomic E-state index is 12.7. The van der Waals surface area contributed by atoms with Crippen LogP contribution in [0.5, 0.6) is 0 Å². The number of carbonyl (C=O) groups excluding carboxylic acids is 1. The van der Waals surface area contributed by atoms with E-state index in [2.05, 4.69) is 22.4 Å². The minimum Gasteiger partial charge on any atom is -0.350 e. The first-order valence-electron chi connectivity index (χ1n) is 10.0. The summed E-state index contributed by atoms with van der Waals surface area (Å²) in [5, 5.41) is 3.61. The lowest BCUT2D eigenvalue weighted by atomic mass is 10.1. The summed E-state index contributed by atoms with van der Waals surface area (Å²) in [6, 6.07) is 24.5. The van der Waals surface area contributed by atoms with Gasteiger partial charge in [0, 0.05) is 11.6 Å². The van der Waals surface area contributed by atoms with E-state index in [9.17, 15) is 9.59 Å². The smallest absolute Gasteiger partial charge is 0.265 e. The lowest BCUT2D eigenvalue weighted by molar-refractivity contribution is 0.0938. The fourth-order valence-corrected chi connectivity index (χ4v) is 3.43. The van der Waals surface area contributed by atoms with Crippen molar-refractivity contribution in [1.82, 2.24) is 14.9 Å². The van der Waals surface area contributed by atoms with E-state index in [4.69, 9.17) is 0 Å². The molecule has 4 rings (SSSR count). The summed E-state index contributed by atoms with van der Waals surface area (Å²) in [5.74, 6) is -0.119.